The fraction of sp³-hybridized carbons (Fsp3) is 0.500. The van der Waals surface area contributed by atoms with Crippen molar-refractivity contribution in [3.05, 3.63) is 40.5 Å². The number of benzene rings is 1. The molecule has 0 bridgehead atoms. The van der Waals surface area contributed by atoms with E-state index in [0.717, 1.165) is 66.1 Å². The fourth-order valence-corrected chi connectivity index (χ4v) is 5.28. The van der Waals surface area contributed by atoms with Crippen LogP contribution in [0.15, 0.2) is 24.3 Å². The number of thiazole rings is 1. The van der Waals surface area contributed by atoms with Crippen molar-refractivity contribution in [2.75, 3.05) is 46.4 Å². The minimum absolute atomic E-state index is 0.00941. The van der Waals surface area contributed by atoms with Gasteiger partial charge in [0.25, 0.3) is 0 Å². The highest BCUT2D eigenvalue weighted by atomic mass is 32.1. The number of rotatable bonds is 7. The number of hydrogen-bond donors (Lipinski definition) is 4. The molecule has 4 rings (SSSR count). The van der Waals surface area contributed by atoms with E-state index in [1.54, 1.807) is 11.6 Å². The smallest absolute Gasteiger partial charge is 0.235 e. The molecule has 0 amide bonds. The lowest BCUT2D eigenvalue weighted by molar-refractivity contribution is -1.02. The van der Waals surface area contributed by atoms with Gasteiger partial charge >= 0.3 is 0 Å². The minimum Gasteiger partial charge on any atom is -0.497 e. The first-order valence-electron chi connectivity index (χ1n) is 10.1. The van der Waals surface area contributed by atoms with Gasteiger partial charge in [-0.1, -0.05) is 18.3 Å². The van der Waals surface area contributed by atoms with Crippen LogP contribution in [0, 0.1) is 0 Å². The molecule has 2 aromatic heterocycles. The van der Waals surface area contributed by atoms with Crippen LogP contribution in [0.4, 0.5) is 0 Å². The van der Waals surface area contributed by atoms with Crippen LogP contribution >= 0.6 is 11.3 Å². The molecule has 0 spiro atoms. The molecule has 29 heavy (non-hydrogen) atoms. The van der Waals surface area contributed by atoms with E-state index < -0.39 is 0 Å². The quantitative estimate of drug-likeness (QED) is 0.392. The Bertz CT molecular complexity index is 947. The van der Waals surface area contributed by atoms with Crippen LogP contribution in [-0.4, -0.2) is 71.3 Å². The second kappa shape index (κ2) is 8.66. The Morgan fingerprint density at radius 3 is 2.52 bits per heavy atom. The second-order valence-electron chi connectivity index (χ2n) is 7.45. The van der Waals surface area contributed by atoms with Crippen LogP contribution in [-0.2, 0) is 6.42 Å². The molecule has 0 saturated carbocycles. The van der Waals surface area contributed by atoms with Gasteiger partial charge in [-0.05, 0) is 24.3 Å². The van der Waals surface area contributed by atoms with Crippen molar-refractivity contribution in [2.24, 2.45) is 0 Å². The predicted octanol–water partition coefficient (Wildman–Crippen LogP) is -1.07. The van der Waals surface area contributed by atoms with Crippen molar-refractivity contribution in [1.29, 1.82) is 0 Å². The van der Waals surface area contributed by atoms with Crippen molar-refractivity contribution in [3.63, 3.8) is 0 Å². The number of aliphatic hydroxyl groups is 1. The zero-order valence-electron chi connectivity index (χ0n) is 16.9. The van der Waals surface area contributed by atoms with E-state index in [1.165, 1.54) is 21.1 Å². The maximum absolute atomic E-state index is 11.0. The number of ether oxygens (including phenoxy) is 1. The molecule has 0 unspecified atom stereocenters. The van der Waals surface area contributed by atoms with Crippen LogP contribution in [0.2, 0.25) is 0 Å². The van der Waals surface area contributed by atoms with Crippen LogP contribution in [0.1, 0.15) is 29.2 Å². The molecular weight excluding hydrogens is 390 g/mol. The lowest BCUT2D eigenvalue weighted by Crippen LogP contribution is -3.28. The molecule has 3 heterocycles. The molecule has 1 fully saturated rings. The molecule has 0 radical (unpaired) electrons. The number of nitrogens with one attached hydrogen (secondary N) is 2. The van der Waals surface area contributed by atoms with Crippen LogP contribution < -0.4 is 14.5 Å². The molecule has 4 N–H and O–H groups in total. The average molecular weight is 420 g/mol. The Kier molecular flexibility index (Phi) is 6.00. The lowest BCUT2D eigenvalue weighted by Gasteiger charge is -2.34. The number of aliphatic hydroxyl groups excluding tert-OH is 1. The first kappa shape index (κ1) is 20.1. The van der Waals surface area contributed by atoms with Gasteiger partial charge in [0.1, 0.15) is 43.4 Å². The minimum atomic E-state index is 0.00941. The maximum atomic E-state index is 11.0. The fourth-order valence-electron chi connectivity index (χ4n) is 4.12. The largest absolute Gasteiger partial charge is 0.497 e. The predicted molar refractivity (Wildman–Crippen MR) is 110 cm³/mol. The van der Waals surface area contributed by atoms with E-state index in [2.05, 4.69) is 22.2 Å². The van der Waals surface area contributed by atoms with Crippen LogP contribution in [0.5, 0.6) is 11.6 Å². The Hall–Kier alpha value is -2.20. The van der Waals surface area contributed by atoms with Crippen LogP contribution in [0.25, 0.3) is 4.96 Å². The number of aromatic nitrogens is 3. The monoisotopic (exact) mass is 419 g/mol. The summed E-state index contributed by atoms with van der Waals surface area (Å²) in [5.74, 6) is 1.75. The summed E-state index contributed by atoms with van der Waals surface area (Å²) in [5.41, 5.74) is 1.14. The summed E-state index contributed by atoms with van der Waals surface area (Å²) in [4.78, 5) is 9.02. The zero-order valence-corrected chi connectivity index (χ0v) is 17.7. The summed E-state index contributed by atoms with van der Waals surface area (Å²) >= 11 is 1.52. The van der Waals surface area contributed by atoms with Gasteiger partial charge in [0.05, 0.1) is 13.7 Å². The summed E-state index contributed by atoms with van der Waals surface area (Å²) in [6.07, 6.45) is 0.742. The Labute approximate surface area is 174 Å². The third-order valence-corrected chi connectivity index (χ3v) is 6.83. The van der Waals surface area contributed by atoms with Gasteiger partial charge in [0.15, 0.2) is 11.9 Å². The summed E-state index contributed by atoms with van der Waals surface area (Å²) in [7, 11) is 1.66. The number of methoxy groups -OCH3 is 1. The standard InChI is InChI=1S/C20H27N5O3S/c1-3-16-21-20-25(22-16)19(27)18(29-20)17(14-4-6-15(28-2)7-5-14)24-10-8-23(9-11-24)12-13-26/h4-7,17,26-27H,3,8-13H2,1-2H3/p+2/t17-/m1/s1. The van der Waals surface area contributed by atoms with Crippen LogP contribution in [0.3, 0.4) is 0 Å². The second-order valence-corrected chi connectivity index (χ2v) is 8.46. The van der Waals surface area contributed by atoms with E-state index in [-0.39, 0.29) is 18.5 Å². The maximum Gasteiger partial charge on any atom is 0.235 e. The number of nitrogens with zero attached hydrogens (tertiary/aromatic N) is 3. The highest BCUT2D eigenvalue weighted by Crippen LogP contribution is 2.35. The first-order valence-corrected chi connectivity index (χ1v) is 11.0. The molecule has 1 aliphatic rings. The molecule has 1 aromatic carbocycles. The molecule has 8 nitrogen and oxygen atoms in total. The van der Waals surface area contributed by atoms with E-state index in [9.17, 15) is 10.2 Å². The van der Waals surface area contributed by atoms with Crippen molar-refractivity contribution in [2.45, 2.75) is 19.4 Å². The molecule has 3 aromatic rings. The van der Waals surface area contributed by atoms with E-state index in [1.807, 2.05) is 19.1 Å². The number of quaternary nitrogens is 2. The molecule has 156 valence electrons. The summed E-state index contributed by atoms with van der Waals surface area (Å²) in [6, 6.07) is 8.11. The van der Waals surface area contributed by atoms with Gasteiger partial charge < -0.3 is 24.7 Å². The van der Waals surface area contributed by atoms with Crippen molar-refractivity contribution in [3.8, 4) is 11.6 Å². The third-order valence-electron chi connectivity index (χ3n) is 5.74. The zero-order chi connectivity index (χ0) is 20.4. The van der Waals surface area contributed by atoms with Crippen molar-refractivity contribution >= 4 is 16.3 Å². The normalized spacial score (nSPS) is 20.8. The lowest BCUT2D eigenvalue weighted by atomic mass is 10.0. The van der Waals surface area contributed by atoms with E-state index in [0.29, 0.717) is 0 Å². The Morgan fingerprint density at radius 1 is 1.21 bits per heavy atom. The molecular formula is C20H29N5O3S+2. The molecule has 0 aliphatic carbocycles. The molecule has 9 heteroatoms. The van der Waals surface area contributed by atoms with Gasteiger partial charge in [0, 0.05) is 12.0 Å². The summed E-state index contributed by atoms with van der Waals surface area (Å²) < 4.78 is 6.89. The Balaban J connectivity index is 1.70. The topological polar surface area (TPSA) is 88.8 Å². The number of aromatic hydroxyl groups is 1. The Morgan fingerprint density at radius 2 is 1.93 bits per heavy atom. The molecule has 1 atom stereocenters. The van der Waals surface area contributed by atoms with Gasteiger partial charge in [-0.15, -0.1) is 5.10 Å². The molecule has 1 saturated heterocycles. The van der Waals surface area contributed by atoms with E-state index >= 15 is 0 Å². The SMILES string of the molecule is CCc1nc2sc([C@@H](c3ccc(OC)cc3)[NH+]3CC[NH+](CCO)CC3)c(O)n2n1. The number of hydrogen-bond acceptors (Lipinski definition) is 6. The third kappa shape index (κ3) is 3.95. The highest BCUT2D eigenvalue weighted by molar-refractivity contribution is 7.17. The number of fused-ring (bicyclic) bond motifs is 1. The van der Waals surface area contributed by atoms with Gasteiger partial charge in [-0.3, -0.25) is 0 Å². The number of piperazine rings is 1. The van der Waals surface area contributed by atoms with Gasteiger partial charge in [-0.25, -0.2) is 4.98 Å². The van der Waals surface area contributed by atoms with Crippen molar-refractivity contribution < 1.29 is 24.7 Å². The van der Waals surface area contributed by atoms with Gasteiger partial charge in [-0.2, -0.15) is 4.52 Å². The summed E-state index contributed by atoms with van der Waals surface area (Å²) in [6.45, 7) is 6.98. The van der Waals surface area contributed by atoms with Crippen molar-refractivity contribution in [1.82, 2.24) is 14.6 Å². The number of aryl methyl sites for hydroxylation is 1. The van der Waals surface area contributed by atoms with E-state index in [4.69, 9.17) is 4.74 Å². The van der Waals surface area contributed by atoms with Gasteiger partial charge in [0.2, 0.25) is 10.8 Å². The molecule has 1 aliphatic heterocycles. The first-order chi connectivity index (χ1) is 14.1. The summed E-state index contributed by atoms with van der Waals surface area (Å²) in [5, 5.41) is 24.7. The average Bonchev–Trinajstić information content (AvgIpc) is 3.29. The highest BCUT2D eigenvalue weighted by Gasteiger charge is 2.36.